The van der Waals surface area contributed by atoms with Gasteiger partial charge in [0.25, 0.3) is 0 Å². The molecule has 110 valence electrons. The molecule has 0 aliphatic rings. The van der Waals surface area contributed by atoms with Gasteiger partial charge in [-0.05, 0) is 29.5 Å². The number of amides is 1. The van der Waals surface area contributed by atoms with Crippen LogP contribution in [0.25, 0.3) is 0 Å². The quantitative estimate of drug-likeness (QED) is 0.768. The summed E-state index contributed by atoms with van der Waals surface area (Å²) in [5, 5.41) is 2.95. The molecule has 0 unspecified atom stereocenters. The number of halogens is 1. The summed E-state index contributed by atoms with van der Waals surface area (Å²) in [6, 6.07) is 18.2. The van der Waals surface area contributed by atoms with E-state index < -0.39 is 0 Å². The zero-order chi connectivity index (χ0) is 14.9. The maximum atomic E-state index is 11.8. The zero-order valence-corrected chi connectivity index (χ0v) is 12.8. The van der Waals surface area contributed by atoms with Gasteiger partial charge in [-0.2, -0.15) is 0 Å². The highest BCUT2D eigenvalue weighted by molar-refractivity contribution is 6.17. The Morgan fingerprint density at radius 1 is 0.905 bits per heavy atom. The maximum absolute atomic E-state index is 11.8. The Balaban J connectivity index is 1.67. The molecule has 0 bridgehead atoms. The first-order valence-electron chi connectivity index (χ1n) is 7.22. The first kappa shape index (κ1) is 15.6. The molecular weight excluding hydrogens is 282 g/mol. The molecule has 0 atom stereocenters. The Morgan fingerprint density at radius 2 is 1.57 bits per heavy atom. The molecule has 0 heterocycles. The Labute approximate surface area is 131 Å². The van der Waals surface area contributed by atoms with Crippen LogP contribution in [0, 0.1) is 0 Å². The van der Waals surface area contributed by atoms with Gasteiger partial charge in [0.05, 0.1) is 0 Å². The normalized spacial score (nSPS) is 10.3. The summed E-state index contributed by atoms with van der Waals surface area (Å²) in [7, 11) is 0. The van der Waals surface area contributed by atoms with Crippen LogP contribution in [0.1, 0.15) is 29.5 Å². The molecule has 0 radical (unpaired) electrons. The fraction of sp³-hybridized carbons (Fsp3) is 0.278. The molecule has 1 amide bonds. The molecule has 0 spiro atoms. The minimum Gasteiger partial charge on any atom is -0.352 e. The van der Waals surface area contributed by atoms with Crippen LogP contribution < -0.4 is 5.32 Å². The lowest BCUT2D eigenvalue weighted by Crippen LogP contribution is -2.22. The van der Waals surface area contributed by atoms with E-state index in [1.807, 2.05) is 42.5 Å². The number of carbonyl (C=O) groups is 1. The lowest BCUT2D eigenvalue weighted by molar-refractivity contribution is -0.121. The first-order chi connectivity index (χ1) is 10.3. The van der Waals surface area contributed by atoms with Crippen molar-refractivity contribution in [3.05, 3.63) is 71.3 Å². The summed E-state index contributed by atoms with van der Waals surface area (Å²) in [6.07, 6.45) is 2.38. The first-order valence-corrected chi connectivity index (χ1v) is 7.76. The van der Waals surface area contributed by atoms with E-state index in [0.717, 1.165) is 24.0 Å². The van der Waals surface area contributed by atoms with Crippen LogP contribution in [0.4, 0.5) is 0 Å². The smallest absolute Gasteiger partial charge is 0.220 e. The zero-order valence-electron chi connectivity index (χ0n) is 12.0. The third-order valence-corrected chi connectivity index (χ3v) is 3.69. The number of alkyl halides is 1. The Bertz CT molecular complexity index is 551. The fourth-order valence-electron chi connectivity index (χ4n) is 2.13. The van der Waals surface area contributed by atoms with Crippen molar-refractivity contribution in [1.82, 2.24) is 5.32 Å². The number of hydrogen-bond acceptors (Lipinski definition) is 1. The molecule has 2 nitrogen and oxygen atoms in total. The Kier molecular flexibility index (Phi) is 6.29. The van der Waals surface area contributed by atoms with Crippen molar-refractivity contribution in [1.29, 1.82) is 0 Å². The highest BCUT2D eigenvalue weighted by Gasteiger charge is 2.02. The van der Waals surface area contributed by atoms with Crippen molar-refractivity contribution in [3.63, 3.8) is 0 Å². The third kappa shape index (κ3) is 5.60. The van der Waals surface area contributed by atoms with E-state index in [-0.39, 0.29) is 5.91 Å². The van der Waals surface area contributed by atoms with Crippen molar-refractivity contribution in [2.24, 2.45) is 0 Å². The standard InChI is InChI=1S/C18H20ClNO/c19-13-16-9-11-17(12-10-16)14-20-18(21)8-4-7-15-5-2-1-3-6-15/h1-3,5-6,9-12H,4,7-8,13-14H2,(H,20,21). The van der Waals surface area contributed by atoms with E-state index in [4.69, 9.17) is 11.6 Å². The molecule has 2 rings (SSSR count). The van der Waals surface area contributed by atoms with Gasteiger partial charge in [-0.1, -0.05) is 54.6 Å². The predicted molar refractivity (Wildman–Crippen MR) is 87.2 cm³/mol. The minimum atomic E-state index is 0.104. The predicted octanol–water partition coefficient (Wildman–Crippen LogP) is 4.06. The molecule has 0 aromatic heterocycles. The van der Waals surface area contributed by atoms with Gasteiger partial charge in [0.2, 0.25) is 5.91 Å². The molecule has 1 N–H and O–H groups in total. The van der Waals surface area contributed by atoms with Crippen molar-refractivity contribution < 1.29 is 4.79 Å². The summed E-state index contributed by atoms with van der Waals surface area (Å²) >= 11 is 5.74. The second-order valence-electron chi connectivity index (χ2n) is 5.07. The fourth-order valence-corrected chi connectivity index (χ4v) is 2.31. The summed E-state index contributed by atoms with van der Waals surface area (Å²) in [4.78, 5) is 11.8. The molecule has 0 fully saturated rings. The monoisotopic (exact) mass is 301 g/mol. The number of nitrogens with one attached hydrogen (secondary N) is 1. The lowest BCUT2D eigenvalue weighted by Gasteiger charge is -2.06. The number of hydrogen-bond donors (Lipinski definition) is 1. The number of rotatable bonds is 7. The molecule has 0 saturated carbocycles. The van der Waals surface area contributed by atoms with Crippen LogP contribution >= 0.6 is 11.6 Å². The van der Waals surface area contributed by atoms with Gasteiger partial charge in [0.1, 0.15) is 0 Å². The van der Waals surface area contributed by atoms with Crippen LogP contribution in [-0.4, -0.2) is 5.91 Å². The molecule has 21 heavy (non-hydrogen) atoms. The van der Waals surface area contributed by atoms with Crippen molar-refractivity contribution in [2.45, 2.75) is 31.7 Å². The molecular formula is C18H20ClNO. The van der Waals surface area contributed by atoms with Crippen LogP contribution in [0.15, 0.2) is 54.6 Å². The molecule has 3 heteroatoms. The van der Waals surface area contributed by atoms with Gasteiger partial charge in [0.15, 0.2) is 0 Å². The largest absolute Gasteiger partial charge is 0.352 e. The van der Waals surface area contributed by atoms with Crippen LogP contribution in [-0.2, 0) is 23.6 Å². The second-order valence-corrected chi connectivity index (χ2v) is 5.33. The number of benzene rings is 2. The van der Waals surface area contributed by atoms with Gasteiger partial charge >= 0.3 is 0 Å². The van der Waals surface area contributed by atoms with E-state index >= 15 is 0 Å². The van der Waals surface area contributed by atoms with Crippen LogP contribution in [0.3, 0.4) is 0 Å². The average molecular weight is 302 g/mol. The van der Waals surface area contributed by atoms with Gasteiger partial charge in [0, 0.05) is 18.8 Å². The lowest BCUT2D eigenvalue weighted by atomic mass is 10.1. The topological polar surface area (TPSA) is 29.1 Å². The SMILES string of the molecule is O=C(CCCc1ccccc1)NCc1ccc(CCl)cc1. The second kappa shape index (κ2) is 8.48. The number of carbonyl (C=O) groups excluding carboxylic acids is 1. The molecule has 0 saturated heterocycles. The summed E-state index contributed by atoms with van der Waals surface area (Å²) in [5.41, 5.74) is 3.47. The third-order valence-electron chi connectivity index (χ3n) is 3.38. The highest BCUT2D eigenvalue weighted by atomic mass is 35.5. The van der Waals surface area contributed by atoms with E-state index in [1.54, 1.807) is 0 Å². The molecule has 0 aliphatic heterocycles. The Hall–Kier alpha value is -1.80. The summed E-state index contributed by atoms with van der Waals surface area (Å²) in [6.45, 7) is 0.576. The van der Waals surface area contributed by atoms with Gasteiger partial charge < -0.3 is 5.32 Å². The van der Waals surface area contributed by atoms with E-state index in [1.165, 1.54) is 5.56 Å². The van der Waals surface area contributed by atoms with E-state index in [0.29, 0.717) is 18.8 Å². The number of aryl methyl sites for hydroxylation is 1. The van der Waals surface area contributed by atoms with Crippen molar-refractivity contribution in [3.8, 4) is 0 Å². The molecule has 0 aliphatic carbocycles. The minimum absolute atomic E-state index is 0.104. The Morgan fingerprint density at radius 3 is 2.24 bits per heavy atom. The summed E-state index contributed by atoms with van der Waals surface area (Å²) in [5.74, 6) is 0.624. The van der Waals surface area contributed by atoms with E-state index in [9.17, 15) is 4.79 Å². The van der Waals surface area contributed by atoms with Crippen molar-refractivity contribution in [2.75, 3.05) is 0 Å². The average Bonchev–Trinajstić information content (AvgIpc) is 2.54. The van der Waals surface area contributed by atoms with Gasteiger partial charge in [-0.25, -0.2) is 0 Å². The molecule has 2 aromatic rings. The summed E-state index contributed by atoms with van der Waals surface area (Å²) < 4.78 is 0. The van der Waals surface area contributed by atoms with Gasteiger partial charge in [-0.15, -0.1) is 11.6 Å². The van der Waals surface area contributed by atoms with Gasteiger partial charge in [-0.3, -0.25) is 4.79 Å². The van der Waals surface area contributed by atoms with Crippen LogP contribution in [0.2, 0.25) is 0 Å². The maximum Gasteiger partial charge on any atom is 0.220 e. The molecule has 2 aromatic carbocycles. The van der Waals surface area contributed by atoms with E-state index in [2.05, 4.69) is 17.4 Å². The van der Waals surface area contributed by atoms with Crippen LogP contribution in [0.5, 0.6) is 0 Å². The van der Waals surface area contributed by atoms with Crippen molar-refractivity contribution >= 4 is 17.5 Å². The highest BCUT2D eigenvalue weighted by Crippen LogP contribution is 2.07.